The zero-order valence-corrected chi connectivity index (χ0v) is 22.9. The molecule has 6 heteroatoms. The van der Waals surface area contributed by atoms with Crippen molar-refractivity contribution in [3.8, 4) is 0 Å². The molecule has 1 N–H and O–H groups in total. The van der Waals surface area contributed by atoms with E-state index in [1.54, 1.807) is 6.92 Å². The van der Waals surface area contributed by atoms with Crippen LogP contribution in [0.25, 0.3) is 0 Å². The smallest absolute Gasteiger partial charge is 0.748 e. The van der Waals surface area contributed by atoms with Gasteiger partial charge in [-0.1, -0.05) is 104 Å². The van der Waals surface area contributed by atoms with Crippen molar-refractivity contribution in [1.82, 2.24) is 0 Å². The minimum absolute atomic E-state index is 0. The van der Waals surface area contributed by atoms with Gasteiger partial charge < -0.3 is 9.66 Å². The molecule has 0 aliphatic heterocycles. The van der Waals surface area contributed by atoms with E-state index in [2.05, 4.69) is 6.92 Å². The molecular formula is C22H45KO4S. The van der Waals surface area contributed by atoms with Crippen molar-refractivity contribution in [1.29, 1.82) is 0 Å². The zero-order chi connectivity index (χ0) is 20.4. The van der Waals surface area contributed by atoms with Crippen LogP contribution in [0.2, 0.25) is 0 Å². The van der Waals surface area contributed by atoms with Gasteiger partial charge in [0.25, 0.3) is 0 Å². The topological polar surface area (TPSA) is 77.4 Å². The van der Waals surface area contributed by atoms with Gasteiger partial charge in [0.1, 0.15) is 0 Å². The van der Waals surface area contributed by atoms with Crippen LogP contribution in [0.3, 0.4) is 0 Å². The summed E-state index contributed by atoms with van der Waals surface area (Å²) in [5, 5.41) is 9.31. The Morgan fingerprint density at radius 2 is 1.04 bits per heavy atom. The van der Waals surface area contributed by atoms with Crippen molar-refractivity contribution in [2.75, 3.05) is 0 Å². The number of hydrogen-bond acceptors (Lipinski definition) is 4. The maximum atomic E-state index is 11.0. The van der Waals surface area contributed by atoms with Gasteiger partial charge in [-0.3, -0.25) is 0 Å². The first-order valence-corrected chi connectivity index (χ1v) is 13.0. The van der Waals surface area contributed by atoms with Crippen molar-refractivity contribution < 1.29 is 69.5 Å². The molecule has 2 atom stereocenters. The van der Waals surface area contributed by atoms with E-state index in [0.29, 0.717) is 12.8 Å². The van der Waals surface area contributed by atoms with Crippen LogP contribution in [-0.4, -0.2) is 29.4 Å². The molecule has 0 rings (SSSR count). The summed E-state index contributed by atoms with van der Waals surface area (Å²) in [6.07, 6.45) is 19.3. The van der Waals surface area contributed by atoms with Gasteiger partial charge in [0.15, 0.2) is 0 Å². The second kappa shape index (κ2) is 21.7. The molecule has 0 aliphatic carbocycles. The maximum absolute atomic E-state index is 11.0. The Kier molecular flexibility index (Phi) is 24.6. The third-order valence-corrected chi connectivity index (χ3v) is 6.95. The van der Waals surface area contributed by atoms with Gasteiger partial charge in [-0.05, 0) is 25.7 Å². The summed E-state index contributed by atoms with van der Waals surface area (Å²) in [5.74, 6) is 0. The number of hydrogen-bond donors (Lipinski definition) is 1. The van der Waals surface area contributed by atoms with Crippen molar-refractivity contribution in [2.45, 2.75) is 141 Å². The molecule has 28 heavy (non-hydrogen) atoms. The number of aliphatic hydroxyl groups excluding tert-OH is 1. The average Bonchev–Trinajstić information content (AvgIpc) is 2.61. The van der Waals surface area contributed by atoms with Crippen LogP contribution in [0.15, 0.2) is 0 Å². The average molecular weight is 445 g/mol. The molecule has 0 aromatic heterocycles. The molecule has 0 radical (unpaired) electrons. The molecule has 0 aromatic rings. The first-order chi connectivity index (χ1) is 12.9. The van der Waals surface area contributed by atoms with E-state index in [4.69, 9.17) is 0 Å². The summed E-state index contributed by atoms with van der Waals surface area (Å²) in [7, 11) is -4.11. The van der Waals surface area contributed by atoms with Gasteiger partial charge in [0, 0.05) is 5.25 Å². The largest absolute Gasteiger partial charge is 1.00 e. The minimum Gasteiger partial charge on any atom is -0.748 e. The SMILES string of the molecule is CCCCCCCCC(O)CCCCCCCCCCC(CC)S(=O)(=O)[O-].[K+]. The Bertz CT molecular complexity index is 415. The van der Waals surface area contributed by atoms with Crippen molar-refractivity contribution >= 4 is 10.1 Å². The molecule has 0 bridgehead atoms. The van der Waals surface area contributed by atoms with Gasteiger partial charge in [-0.25, -0.2) is 8.42 Å². The molecule has 0 aromatic carbocycles. The summed E-state index contributed by atoms with van der Waals surface area (Å²) in [6.45, 7) is 4.00. The number of unbranched alkanes of at least 4 members (excludes halogenated alkanes) is 12. The summed E-state index contributed by atoms with van der Waals surface area (Å²) in [4.78, 5) is 0. The monoisotopic (exact) mass is 444 g/mol. The molecule has 0 fully saturated rings. The second-order valence-corrected chi connectivity index (χ2v) is 9.79. The van der Waals surface area contributed by atoms with Crippen LogP contribution in [0, 0.1) is 0 Å². The Hall–Kier alpha value is 1.51. The Balaban J connectivity index is 0. The number of rotatable bonds is 20. The molecule has 0 amide bonds. The summed E-state index contributed by atoms with van der Waals surface area (Å²) < 4.78 is 33.0. The van der Waals surface area contributed by atoms with E-state index in [1.807, 2.05) is 0 Å². The maximum Gasteiger partial charge on any atom is 1.00 e. The quantitative estimate of drug-likeness (QED) is 0.177. The predicted molar refractivity (Wildman–Crippen MR) is 114 cm³/mol. The van der Waals surface area contributed by atoms with Crippen LogP contribution in [0.4, 0.5) is 0 Å². The van der Waals surface area contributed by atoms with Crippen LogP contribution in [-0.2, 0) is 10.1 Å². The van der Waals surface area contributed by atoms with E-state index in [1.165, 1.54) is 57.8 Å². The molecular weight excluding hydrogens is 399 g/mol. The van der Waals surface area contributed by atoms with E-state index < -0.39 is 15.4 Å². The van der Waals surface area contributed by atoms with Crippen LogP contribution in [0.5, 0.6) is 0 Å². The standard InChI is InChI=1S/C22H46O4S.K/c1-3-5-6-7-12-15-18-21(23)19-16-13-10-8-9-11-14-17-20-22(4-2)27(24,25)26;/h21-23H,3-20H2,1-2H3,(H,24,25,26);/q;+1/p-1. The molecule has 4 nitrogen and oxygen atoms in total. The molecule has 0 aliphatic rings. The fraction of sp³-hybridized carbons (Fsp3) is 1.00. The van der Waals surface area contributed by atoms with E-state index in [0.717, 1.165) is 44.9 Å². The van der Waals surface area contributed by atoms with Crippen molar-refractivity contribution in [3.05, 3.63) is 0 Å². The van der Waals surface area contributed by atoms with Crippen molar-refractivity contribution in [3.63, 3.8) is 0 Å². The van der Waals surface area contributed by atoms with Crippen LogP contribution >= 0.6 is 0 Å². The van der Waals surface area contributed by atoms with Gasteiger partial charge in [-0.15, -0.1) is 0 Å². The zero-order valence-electron chi connectivity index (χ0n) is 19.0. The van der Waals surface area contributed by atoms with Crippen LogP contribution in [0.1, 0.15) is 129 Å². The van der Waals surface area contributed by atoms with Gasteiger partial charge in [0.05, 0.1) is 16.2 Å². The third-order valence-electron chi connectivity index (χ3n) is 5.57. The fourth-order valence-electron chi connectivity index (χ4n) is 3.67. The van der Waals surface area contributed by atoms with E-state index in [9.17, 15) is 18.1 Å². The fourth-order valence-corrected chi connectivity index (χ4v) is 4.53. The molecule has 0 saturated heterocycles. The second-order valence-electron chi connectivity index (χ2n) is 8.14. The Labute approximate surface area is 218 Å². The molecule has 0 saturated carbocycles. The molecule has 164 valence electrons. The molecule has 0 heterocycles. The van der Waals surface area contributed by atoms with E-state index in [-0.39, 0.29) is 57.5 Å². The summed E-state index contributed by atoms with van der Waals surface area (Å²) in [5.41, 5.74) is 0. The van der Waals surface area contributed by atoms with Gasteiger partial charge >= 0.3 is 51.4 Å². The predicted octanol–water partition coefficient (Wildman–Crippen LogP) is 3.33. The summed E-state index contributed by atoms with van der Waals surface area (Å²) >= 11 is 0. The molecule has 0 spiro atoms. The first kappa shape index (κ1) is 31.7. The molecule has 2 unspecified atom stereocenters. The summed E-state index contributed by atoms with van der Waals surface area (Å²) in [6, 6.07) is 0. The first-order valence-electron chi connectivity index (χ1n) is 11.5. The normalized spacial score (nSPS) is 13.9. The van der Waals surface area contributed by atoms with Crippen LogP contribution < -0.4 is 51.4 Å². The van der Waals surface area contributed by atoms with Gasteiger partial charge in [0.2, 0.25) is 0 Å². The van der Waals surface area contributed by atoms with Gasteiger partial charge in [-0.2, -0.15) is 0 Å². The Morgan fingerprint density at radius 3 is 1.39 bits per heavy atom. The minimum atomic E-state index is -4.11. The number of aliphatic hydroxyl groups is 1. The van der Waals surface area contributed by atoms with Crippen molar-refractivity contribution in [2.24, 2.45) is 0 Å². The Morgan fingerprint density at radius 1 is 0.679 bits per heavy atom. The van der Waals surface area contributed by atoms with E-state index >= 15 is 0 Å². The third kappa shape index (κ3) is 20.8.